The van der Waals surface area contributed by atoms with Gasteiger partial charge in [-0.2, -0.15) is 0 Å². The van der Waals surface area contributed by atoms with Crippen molar-refractivity contribution in [3.05, 3.63) is 28.7 Å². The topological polar surface area (TPSA) is 28.5 Å². The first kappa shape index (κ1) is 16.8. The van der Waals surface area contributed by atoms with Gasteiger partial charge < -0.3 is 14.4 Å². The second-order valence-electron chi connectivity index (χ2n) is 5.61. The molecule has 0 saturated carbocycles. The van der Waals surface area contributed by atoms with Crippen molar-refractivity contribution in [2.45, 2.75) is 40.2 Å². The molecule has 0 atom stereocenters. The van der Waals surface area contributed by atoms with E-state index >= 15 is 0 Å². The van der Waals surface area contributed by atoms with Crippen LogP contribution in [0.5, 0.6) is 0 Å². The molecule has 0 fully saturated rings. The molecular weight excluding hydrogens is 250 g/mol. The minimum atomic E-state index is 0.0814. The number of hydrogen-bond acceptors (Lipinski definition) is 3. The molecule has 0 amide bonds. The summed E-state index contributed by atoms with van der Waals surface area (Å²) in [5, 5.41) is 0. The summed E-state index contributed by atoms with van der Waals surface area (Å²) in [5.74, 6) is 0. The van der Waals surface area contributed by atoms with Gasteiger partial charge in [0, 0.05) is 43.6 Å². The molecule has 1 aromatic rings. The van der Waals surface area contributed by atoms with Crippen molar-refractivity contribution in [3.63, 3.8) is 0 Å². The van der Waals surface area contributed by atoms with Crippen molar-refractivity contribution in [2.24, 2.45) is 0 Å². The zero-order valence-corrected chi connectivity index (χ0v) is 13.6. The highest BCUT2D eigenvalue weighted by Gasteiger charge is 2.08. The van der Waals surface area contributed by atoms with Crippen LogP contribution < -0.4 is 10.5 Å². The smallest absolute Gasteiger partial charge is 0.252 e. The van der Waals surface area contributed by atoms with Crippen LogP contribution in [0.4, 0.5) is 5.69 Å². The van der Waals surface area contributed by atoms with Gasteiger partial charge >= 0.3 is 0 Å². The van der Waals surface area contributed by atoms with Gasteiger partial charge in [-0.15, -0.1) is 0 Å². The van der Waals surface area contributed by atoms with Crippen molar-refractivity contribution in [2.75, 3.05) is 38.1 Å². The Kier molecular flexibility index (Phi) is 6.79. The second kappa shape index (κ2) is 8.10. The van der Waals surface area contributed by atoms with Gasteiger partial charge in [0.05, 0.1) is 0 Å². The fourth-order valence-corrected chi connectivity index (χ4v) is 2.36. The maximum atomic E-state index is 12.1. The monoisotopic (exact) mass is 279 g/mol. The van der Waals surface area contributed by atoms with E-state index in [1.54, 1.807) is 10.6 Å². The van der Waals surface area contributed by atoms with Crippen LogP contribution in [0.15, 0.2) is 23.1 Å². The number of anilines is 1. The summed E-state index contributed by atoms with van der Waals surface area (Å²) < 4.78 is 1.76. The van der Waals surface area contributed by atoms with Gasteiger partial charge in [-0.05, 0) is 46.9 Å². The van der Waals surface area contributed by atoms with Gasteiger partial charge in [-0.25, -0.2) is 0 Å². The van der Waals surface area contributed by atoms with E-state index in [0.29, 0.717) is 0 Å². The summed E-state index contributed by atoms with van der Waals surface area (Å²) >= 11 is 0. The van der Waals surface area contributed by atoms with Crippen LogP contribution in [0, 0.1) is 0 Å². The summed E-state index contributed by atoms with van der Waals surface area (Å²) in [6, 6.07) is 4.01. The van der Waals surface area contributed by atoms with Crippen molar-refractivity contribution in [3.8, 4) is 0 Å². The molecule has 0 aliphatic heterocycles. The maximum Gasteiger partial charge on any atom is 0.252 e. The van der Waals surface area contributed by atoms with E-state index in [4.69, 9.17) is 0 Å². The first-order chi connectivity index (χ1) is 9.49. The van der Waals surface area contributed by atoms with E-state index in [0.717, 1.165) is 31.9 Å². The molecule has 114 valence electrons. The average molecular weight is 279 g/mol. The fourth-order valence-electron chi connectivity index (χ4n) is 2.36. The fraction of sp³-hybridized carbons (Fsp3) is 0.688. The summed E-state index contributed by atoms with van der Waals surface area (Å²) in [5.41, 5.74) is 1.11. The lowest BCUT2D eigenvalue weighted by Crippen LogP contribution is -2.34. The molecule has 0 aliphatic carbocycles. The molecule has 0 radical (unpaired) electrons. The van der Waals surface area contributed by atoms with Crippen LogP contribution in [-0.4, -0.2) is 42.7 Å². The zero-order valence-electron chi connectivity index (χ0n) is 13.6. The third kappa shape index (κ3) is 4.67. The van der Waals surface area contributed by atoms with E-state index in [-0.39, 0.29) is 11.6 Å². The number of nitrogens with zero attached hydrogens (tertiary/aromatic N) is 3. The Morgan fingerprint density at radius 1 is 1.20 bits per heavy atom. The Balaban J connectivity index is 2.75. The van der Waals surface area contributed by atoms with E-state index in [2.05, 4.69) is 30.7 Å². The van der Waals surface area contributed by atoms with Gasteiger partial charge in [0.25, 0.3) is 5.56 Å². The number of hydrogen-bond donors (Lipinski definition) is 0. The second-order valence-corrected chi connectivity index (χ2v) is 5.61. The summed E-state index contributed by atoms with van der Waals surface area (Å²) in [4.78, 5) is 16.7. The third-order valence-electron chi connectivity index (χ3n) is 3.59. The van der Waals surface area contributed by atoms with Gasteiger partial charge in [-0.3, -0.25) is 4.79 Å². The van der Waals surface area contributed by atoms with Crippen molar-refractivity contribution in [1.82, 2.24) is 9.47 Å². The van der Waals surface area contributed by atoms with E-state index in [1.165, 1.54) is 6.42 Å². The van der Waals surface area contributed by atoms with Gasteiger partial charge in [0.1, 0.15) is 0 Å². The quantitative estimate of drug-likeness (QED) is 0.732. The Hall–Kier alpha value is -1.29. The standard InChI is InChI=1S/C16H29N3O/c1-6-9-17(5)11-12-18(7-2)15-8-10-19(14(3)4)16(20)13-15/h8,10,13-14H,6-7,9,11-12H2,1-5H3. The number of pyridine rings is 1. The molecule has 0 spiro atoms. The minimum Gasteiger partial charge on any atom is -0.370 e. The SMILES string of the molecule is CCCN(C)CCN(CC)c1ccn(C(C)C)c(=O)c1. The summed E-state index contributed by atoms with van der Waals surface area (Å²) in [7, 11) is 2.15. The van der Waals surface area contributed by atoms with Crippen LogP contribution in [0.1, 0.15) is 40.2 Å². The maximum absolute atomic E-state index is 12.1. The summed E-state index contributed by atoms with van der Waals surface area (Å²) in [6.45, 7) is 12.4. The highest BCUT2D eigenvalue weighted by atomic mass is 16.1. The van der Waals surface area contributed by atoms with E-state index in [9.17, 15) is 4.79 Å². The molecule has 20 heavy (non-hydrogen) atoms. The Labute approximate surface area is 123 Å². The first-order valence-corrected chi connectivity index (χ1v) is 7.65. The molecule has 0 aliphatic rings. The lowest BCUT2D eigenvalue weighted by atomic mass is 10.3. The molecule has 0 N–H and O–H groups in total. The van der Waals surface area contributed by atoms with Crippen molar-refractivity contribution >= 4 is 5.69 Å². The molecule has 0 unspecified atom stereocenters. The van der Waals surface area contributed by atoms with Crippen LogP contribution in [0.3, 0.4) is 0 Å². The molecular formula is C16H29N3O. The molecule has 1 heterocycles. The third-order valence-corrected chi connectivity index (χ3v) is 3.59. The lowest BCUT2D eigenvalue weighted by molar-refractivity contribution is 0.340. The molecule has 4 heteroatoms. The molecule has 0 aromatic carbocycles. The molecule has 1 aromatic heterocycles. The highest BCUT2D eigenvalue weighted by Crippen LogP contribution is 2.12. The largest absolute Gasteiger partial charge is 0.370 e. The van der Waals surface area contributed by atoms with Gasteiger partial charge in [-0.1, -0.05) is 6.92 Å². The Morgan fingerprint density at radius 2 is 1.90 bits per heavy atom. The molecule has 0 saturated heterocycles. The Bertz CT molecular complexity index is 453. The van der Waals surface area contributed by atoms with Crippen LogP contribution in [0.25, 0.3) is 0 Å². The first-order valence-electron chi connectivity index (χ1n) is 7.65. The van der Waals surface area contributed by atoms with Crippen molar-refractivity contribution < 1.29 is 0 Å². The zero-order chi connectivity index (χ0) is 15.1. The number of rotatable bonds is 8. The number of aromatic nitrogens is 1. The predicted octanol–water partition coefficient (Wildman–Crippen LogP) is 2.60. The van der Waals surface area contributed by atoms with Crippen LogP contribution in [-0.2, 0) is 0 Å². The van der Waals surface area contributed by atoms with E-state index in [1.807, 2.05) is 26.1 Å². The molecule has 4 nitrogen and oxygen atoms in total. The van der Waals surface area contributed by atoms with Gasteiger partial charge in [0.2, 0.25) is 0 Å². The normalized spacial score (nSPS) is 11.3. The van der Waals surface area contributed by atoms with Crippen molar-refractivity contribution in [1.29, 1.82) is 0 Å². The predicted molar refractivity (Wildman–Crippen MR) is 86.8 cm³/mol. The van der Waals surface area contributed by atoms with Gasteiger partial charge in [0.15, 0.2) is 0 Å². The molecule has 1 rings (SSSR count). The average Bonchev–Trinajstić information content (AvgIpc) is 2.39. The summed E-state index contributed by atoms with van der Waals surface area (Å²) in [6.07, 6.45) is 3.08. The van der Waals surface area contributed by atoms with Crippen LogP contribution in [0.2, 0.25) is 0 Å². The Morgan fingerprint density at radius 3 is 2.40 bits per heavy atom. The van der Waals surface area contributed by atoms with Crippen LogP contribution >= 0.6 is 0 Å². The number of likely N-dealkylation sites (N-methyl/N-ethyl adjacent to an activating group) is 2. The lowest BCUT2D eigenvalue weighted by Gasteiger charge is -2.26. The van der Waals surface area contributed by atoms with E-state index < -0.39 is 0 Å². The molecule has 0 bridgehead atoms. The highest BCUT2D eigenvalue weighted by molar-refractivity contribution is 5.44. The minimum absolute atomic E-state index is 0.0814.